The zero-order chi connectivity index (χ0) is 20.2. The summed E-state index contributed by atoms with van der Waals surface area (Å²) < 4.78 is 6.93. The summed E-state index contributed by atoms with van der Waals surface area (Å²) in [6.07, 6.45) is -0.868. The van der Waals surface area contributed by atoms with E-state index in [1.54, 1.807) is 6.07 Å². The Morgan fingerprint density at radius 1 is 0.931 bits per heavy atom. The lowest BCUT2D eigenvalue weighted by atomic mass is 10.0. The monoisotopic (exact) mass is 386 g/mol. The smallest absolute Gasteiger partial charge is 0.274 e. The van der Waals surface area contributed by atoms with Gasteiger partial charge in [-0.3, -0.25) is 4.79 Å². The van der Waals surface area contributed by atoms with Gasteiger partial charge >= 0.3 is 0 Å². The van der Waals surface area contributed by atoms with Crippen LogP contribution in [0.1, 0.15) is 5.56 Å². The van der Waals surface area contributed by atoms with Gasteiger partial charge < -0.3 is 9.84 Å². The molecule has 0 radical (unpaired) electrons. The summed E-state index contributed by atoms with van der Waals surface area (Å²) in [7, 11) is 0. The van der Waals surface area contributed by atoms with Crippen LogP contribution in [-0.4, -0.2) is 27.6 Å². The van der Waals surface area contributed by atoms with Crippen LogP contribution in [0, 0.1) is 6.92 Å². The van der Waals surface area contributed by atoms with Gasteiger partial charge in [0.1, 0.15) is 18.5 Å². The minimum Gasteiger partial charge on any atom is -0.491 e. The molecule has 4 rings (SSSR count). The highest BCUT2D eigenvalue weighted by atomic mass is 16.5. The molecule has 4 aromatic rings. The van der Waals surface area contributed by atoms with Crippen LogP contribution in [-0.2, 0) is 6.54 Å². The van der Waals surface area contributed by atoms with Gasteiger partial charge in [0.2, 0.25) is 0 Å². The first-order valence-electron chi connectivity index (χ1n) is 9.54. The zero-order valence-corrected chi connectivity index (χ0v) is 16.2. The van der Waals surface area contributed by atoms with Crippen molar-refractivity contribution in [3.8, 4) is 17.0 Å². The summed E-state index contributed by atoms with van der Waals surface area (Å²) in [5.74, 6) is 0.672. The van der Waals surface area contributed by atoms with Gasteiger partial charge in [-0.1, -0.05) is 66.2 Å². The van der Waals surface area contributed by atoms with Crippen LogP contribution in [0.5, 0.6) is 5.75 Å². The molecule has 0 aliphatic heterocycles. The number of aliphatic hydroxyl groups is 1. The van der Waals surface area contributed by atoms with Crippen LogP contribution in [0.2, 0.25) is 0 Å². The van der Waals surface area contributed by atoms with Crippen molar-refractivity contribution < 1.29 is 9.84 Å². The minimum absolute atomic E-state index is 0.0510. The third-order valence-corrected chi connectivity index (χ3v) is 4.76. The summed E-state index contributed by atoms with van der Waals surface area (Å²) in [4.78, 5) is 12.9. The number of fused-ring (bicyclic) bond motifs is 1. The van der Waals surface area contributed by atoms with E-state index in [1.807, 2.05) is 79.7 Å². The summed E-state index contributed by atoms with van der Waals surface area (Å²) in [5, 5.41) is 16.4. The Labute approximate surface area is 168 Å². The maximum atomic E-state index is 12.9. The van der Waals surface area contributed by atoms with E-state index in [1.165, 1.54) is 4.68 Å². The molecule has 0 amide bonds. The van der Waals surface area contributed by atoms with Crippen molar-refractivity contribution in [2.75, 3.05) is 6.61 Å². The van der Waals surface area contributed by atoms with E-state index in [4.69, 9.17) is 4.74 Å². The number of hydrogen-bond donors (Lipinski definition) is 1. The van der Waals surface area contributed by atoms with Gasteiger partial charge in [0.25, 0.3) is 5.56 Å². The van der Waals surface area contributed by atoms with Crippen molar-refractivity contribution in [2.24, 2.45) is 0 Å². The Balaban J connectivity index is 1.66. The van der Waals surface area contributed by atoms with Crippen LogP contribution in [0.15, 0.2) is 83.7 Å². The third-order valence-electron chi connectivity index (χ3n) is 4.76. The second kappa shape index (κ2) is 8.29. The van der Waals surface area contributed by atoms with Crippen molar-refractivity contribution in [3.63, 3.8) is 0 Å². The van der Waals surface area contributed by atoms with Crippen LogP contribution < -0.4 is 10.3 Å². The second-order valence-electron chi connectivity index (χ2n) is 7.03. The highest BCUT2D eigenvalue weighted by molar-refractivity contribution is 5.93. The van der Waals surface area contributed by atoms with Crippen molar-refractivity contribution in [3.05, 3.63) is 94.8 Å². The van der Waals surface area contributed by atoms with Crippen LogP contribution in [0.25, 0.3) is 22.0 Å². The molecule has 0 fully saturated rings. The van der Waals surface area contributed by atoms with Gasteiger partial charge in [-0.15, -0.1) is 0 Å². The Bertz CT molecular complexity index is 1170. The number of benzene rings is 3. The number of hydrogen-bond acceptors (Lipinski definition) is 4. The maximum Gasteiger partial charge on any atom is 0.274 e. The lowest BCUT2D eigenvalue weighted by Gasteiger charge is -2.15. The molecule has 5 heteroatoms. The average Bonchev–Trinajstić information content (AvgIpc) is 2.76. The van der Waals surface area contributed by atoms with E-state index in [0.717, 1.165) is 22.2 Å². The van der Waals surface area contributed by atoms with E-state index < -0.39 is 6.10 Å². The molecule has 1 atom stereocenters. The molecule has 0 spiro atoms. The van der Waals surface area contributed by atoms with Gasteiger partial charge in [0, 0.05) is 10.9 Å². The first-order chi connectivity index (χ1) is 14.1. The van der Waals surface area contributed by atoms with Crippen molar-refractivity contribution in [1.29, 1.82) is 0 Å². The molecule has 29 heavy (non-hydrogen) atoms. The highest BCUT2D eigenvalue weighted by Crippen LogP contribution is 2.25. The third kappa shape index (κ3) is 4.20. The Morgan fingerprint density at radius 2 is 1.59 bits per heavy atom. The predicted octanol–water partition coefficient (Wildman–Crippen LogP) is 3.81. The quantitative estimate of drug-likeness (QED) is 0.547. The molecule has 0 aliphatic carbocycles. The molecular weight excluding hydrogens is 364 g/mol. The maximum absolute atomic E-state index is 12.9. The molecule has 1 N–H and O–H groups in total. The number of nitrogens with zero attached hydrogens (tertiary/aromatic N) is 2. The van der Waals surface area contributed by atoms with E-state index >= 15 is 0 Å². The van der Waals surface area contributed by atoms with Crippen LogP contribution in [0.4, 0.5) is 0 Å². The molecule has 5 nitrogen and oxygen atoms in total. The van der Waals surface area contributed by atoms with E-state index in [0.29, 0.717) is 11.1 Å². The van der Waals surface area contributed by atoms with Gasteiger partial charge in [-0.2, -0.15) is 5.10 Å². The molecule has 3 aromatic carbocycles. The van der Waals surface area contributed by atoms with Crippen LogP contribution in [0.3, 0.4) is 0 Å². The van der Waals surface area contributed by atoms with Crippen molar-refractivity contribution in [1.82, 2.24) is 9.78 Å². The summed E-state index contributed by atoms with van der Waals surface area (Å²) in [6, 6.07) is 24.7. The first-order valence-corrected chi connectivity index (χ1v) is 9.54. The van der Waals surface area contributed by atoms with E-state index in [2.05, 4.69) is 5.10 Å². The van der Waals surface area contributed by atoms with Gasteiger partial charge in [-0.05, 0) is 25.1 Å². The molecule has 0 bridgehead atoms. The highest BCUT2D eigenvalue weighted by Gasteiger charge is 2.15. The van der Waals surface area contributed by atoms with Gasteiger partial charge in [0.15, 0.2) is 0 Å². The summed E-state index contributed by atoms with van der Waals surface area (Å²) in [6.45, 7) is 2.15. The lowest BCUT2D eigenvalue weighted by molar-refractivity contribution is 0.0882. The lowest BCUT2D eigenvalue weighted by Crippen LogP contribution is -2.32. The molecule has 1 unspecified atom stereocenters. The number of aliphatic hydroxyl groups excluding tert-OH is 1. The average molecular weight is 386 g/mol. The number of para-hydroxylation sites is 1. The summed E-state index contributed by atoms with van der Waals surface area (Å²) >= 11 is 0. The second-order valence-corrected chi connectivity index (χ2v) is 7.03. The standard InChI is InChI=1S/C24H22N2O3/c1-17-11-13-18(14-12-17)23-21-9-5-6-10-22(21)24(28)26(25-23)15-19(27)16-29-20-7-3-2-4-8-20/h2-14,19,27H,15-16H2,1H3. The normalized spacial score (nSPS) is 12.1. The minimum atomic E-state index is -0.868. The van der Waals surface area contributed by atoms with Crippen molar-refractivity contribution in [2.45, 2.75) is 19.6 Å². The topological polar surface area (TPSA) is 64.3 Å². The first kappa shape index (κ1) is 18.9. The summed E-state index contributed by atoms with van der Waals surface area (Å²) in [5.41, 5.74) is 2.57. The SMILES string of the molecule is Cc1ccc(-c2nn(CC(O)COc3ccccc3)c(=O)c3ccccc23)cc1. The fourth-order valence-corrected chi connectivity index (χ4v) is 3.25. The van der Waals surface area contributed by atoms with Gasteiger partial charge in [-0.25, -0.2) is 4.68 Å². The molecule has 0 saturated heterocycles. The fraction of sp³-hybridized carbons (Fsp3) is 0.167. The van der Waals surface area contributed by atoms with Crippen molar-refractivity contribution >= 4 is 10.8 Å². The molecule has 1 heterocycles. The molecular formula is C24H22N2O3. The predicted molar refractivity (Wildman–Crippen MR) is 114 cm³/mol. The Hall–Kier alpha value is -3.44. The zero-order valence-electron chi connectivity index (χ0n) is 16.2. The number of aryl methyl sites for hydroxylation is 1. The van der Waals surface area contributed by atoms with E-state index in [9.17, 15) is 9.90 Å². The number of aromatic nitrogens is 2. The molecule has 0 aliphatic rings. The molecule has 1 aromatic heterocycles. The molecule has 146 valence electrons. The largest absolute Gasteiger partial charge is 0.491 e. The Kier molecular flexibility index (Phi) is 5.40. The fourth-order valence-electron chi connectivity index (χ4n) is 3.25. The van der Waals surface area contributed by atoms with Gasteiger partial charge in [0.05, 0.1) is 17.6 Å². The molecule has 0 saturated carbocycles. The number of ether oxygens (including phenoxy) is 1. The van der Waals surface area contributed by atoms with Crippen LogP contribution >= 0.6 is 0 Å². The Morgan fingerprint density at radius 3 is 2.31 bits per heavy atom. The van der Waals surface area contributed by atoms with E-state index in [-0.39, 0.29) is 18.7 Å². The number of rotatable bonds is 6.